The summed E-state index contributed by atoms with van der Waals surface area (Å²) in [7, 11) is -6.96. The van der Waals surface area contributed by atoms with E-state index in [0.29, 0.717) is 90.4 Å². The Balaban J connectivity index is 0.000000182. The van der Waals surface area contributed by atoms with E-state index in [1.54, 1.807) is 62.3 Å². The third-order valence-electron chi connectivity index (χ3n) is 26.9. The second-order valence-electron chi connectivity index (χ2n) is 39.1. The van der Waals surface area contributed by atoms with Gasteiger partial charge in [-0.25, -0.2) is 19.2 Å². The fraction of sp³-hybridized carbons (Fsp3) is 0.857. The van der Waals surface area contributed by atoms with Crippen LogP contribution in [0.5, 0.6) is 0 Å². The summed E-state index contributed by atoms with van der Waals surface area (Å²) >= 11 is 0. The number of esters is 11. The zero-order valence-corrected chi connectivity index (χ0v) is 75.9. The first-order valence-electron chi connectivity index (χ1n) is 42.0. The summed E-state index contributed by atoms with van der Waals surface area (Å²) < 4.78 is 164. The highest BCUT2D eigenvalue weighted by molar-refractivity contribution is 7.88. The fourth-order valence-corrected chi connectivity index (χ4v) is 19.6. The lowest BCUT2D eigenvalue weighted by atomic mass is 9.76. The smallest absolute Gasteiger partial charge is 0.351 e. The molecular weight excluding hydrogens is 1640 g/mol. The van der Waals surface area contributed by atoms with Gasteiger partial charge < -0.3 is 71.1 Å². The average molecular weight is 1770 g/mol. The van der Waals surface area contributed by atoms with E-state index >= 15 is 0 Å². The molecule has 6 bridgehead atoms. The molecule has 5 aliphatic carbocycles. The Labute approximate surface area is 708 Å². The molecule has 8 aliphatic heterocycles. The van der Waals surface area contributed by atoms with Crippen LogP contribution in [0, 0.1) is 67.0 Å². The summed E-state index contributed by atoms with van der Waals surface area (Å²) in [6.45, 7) is 40.1. The van der Waals surface area contributed by atoms with E-state index in [0.717, 1.165) is 13.3 Å². The Kier molecular flexibility index (Phi) is 30.3. The third-order valence-corrected chi connectivity index (χ3v) is 30.4. The lowest BCUT2D eigenvalue weighted by Gasteiger charge is -2.40. The van der Waals surface area contributed by atoms with Gasteiger partial charge in [-0.05, 0) is 174 Å². The van der Waals surface area contributed by atoms with E-state index in [4.69, 9.17) is 79.4 Å². The maximum absolute atomic E-state index is 13.8. The van der Waals surface area contributed by atoms with Crippen LogP contribution in [0.3, 0.4) is 0 Å². The Morgan fingerprint density at radius 2 is 0.926 bits per heavy atom. The monoisotopic (exact) mass is 1770 g/mol. The van der Waals surface area contributed by atoms with Crippen LogP contribution < -0.4 is 0 Å². The number of cyclic esters (lactones) is 2. The second-order valence-corrected chi connectivity index (χ2v) is 42.7. The maximum Gasteiger partial charge on any atom is 0.351 e. The molecule has 121 heavy (non-hydrogen) atoms. The van der Waals surface area contributed by atoms with Gasteiger partial charge in [0.15, 0.2) is 19.0 Å². The Hall–Kier alpha value is -6.64. The van der Waals surface area contributed by atoms with E-state index < -0.39 is 208 Å². The average Bonchev–Trinajstić information content (AvgIpc) is 1.55. The number of fused-ring (bicyclic) bond motifs is 6. The van der Waals surface area contributed by atoms with Crippen molar-refractivity contribution in [2.24, 2.45) is 67.0 Å². The Bertz CT molecular complexity index is 4130. The van der Waals surface area contributed by atoms with E-state index in [1.807, 2.05) is 90.0 Å². The first-order valence-corrected chi connectivity index (χ1v) is 45.0. The predicted octanol–water partition coefficient (Wildman–Crippen LogP) is 9.54. The summed E-state index contributed by atoms with van der Waals surface area (Å²) in [6, 6.07) is 0. The van der Waals surface area contributed by atoms with E-state index in [9.17, 15) is 83.2 Å². The van der Waals surface area contributed by atoms with Crippen molar-refractivity contribution in [2.75, 3.05) is 52.9 Å². The van der Waals surface area contributed by atoms with E-state index in [1.165, 1.54) is 0 Å². The number of carbonyl (C=O) groups is 12. The quantitative estimate of drug-likeness (QED) is 0.0552. The predicted molar refractivity (Wildman–Crippen MR) is 419 cm³/mol. The lowest BCUT2D eigenvalue weighted by molar-refractivity contribution is -0.240. The van der Waals surface area contributed by atoms with Gasteiger partial charge in [-0.1, -0.05) is 55.4 Å². The van der Waals surface area contributed by atoms with Crippen LogP contribution in [0.2, 0.25) is 0 Å². The molecule has 18 atom stereocenters. The van der Waals surface area contributed by atoms with Crippen molar-refractivity contribution in [1.82, 2.24) is 0 Å². The molecule has 13 fully saturated rings. The molecule has 1 spiro atoms. The number of hydrogen-bond acceptors (Lipinski definition) is 33. The molecule has 0 amide bonds. The normalized spacial score (nSPS) is 33.4. The molecule has 0 N–H and O–H groups in total. The molecule has 0 aromatic rings. The first-order chi connectivity index (χ1) is 55.6. The van der Waals surface area contributed by atoms with Crippen LogP contribution in [-0.2, 0) is 157 Å². The zero-order valence-electron chi connectivity index (χ0n) is 74.3. The fourth-order valence-electron chi connectivity index (χ4n) is 15.9. The van der Waals surface area contributed by atoms with Crippen molar-refractivity contribution in [3.63, 3.8) is 0 Å². The number of ketones is 1. The number of halogens is 2. The number of alkyl halides is 2. The van der Waals surface area contributed by atoms with Gasteiger partial charge >= 0.3 is 71.6 Å². The lowest BCUT2D eigenvalue weighted by Crippen LogP contribution is -2.62. The molecule has 33 nitrogen and oxygen atoms in total. The van der Waals surface area contributed by atoms with Crippen molar-refractivity contribution in [3.05, 3.63) is 0 Å². The van der Waals surface area contributed by atoms with Crippen LogP contribution in [0.25, 0.3) is 0 Å². The third kappa shape index (κ3) is 21.4. The van der Waals surface area contributed by atoms with Gasteiger partial charge in [0.1, 0.15) is 61.4 Å². The van der Waals surface area contributed by atoms with Gasteiger partial charge in [0.25, 0.3) is 20.2 Å². The maximum atomic E-state index is 13.8. The van der Waals surface area contributed by atoms with Crippen molar-refractivity contribution < 1.29 is 163 Å². The number of hydrogen-bond donors (Lipinski definition) is 0. The van der Waals surface area contributed by atoms with Crippen molar-refractivity contribution in [1.29, 1.82) is 0 Å². The summed E-state index contributed by atoms with van der Waals surface area (Å²) in [5.41, 5.74) is -8.59. The molecule has 37 heteroatoms. The van der Waals surface area contributed by atoms with Crippen LogP contribution in [0.1, 0.15) is 249 Å². The number of carbonyl (C=O) groups excluding carboxylic acids is 12. The van der Waals surface area contributed by atoms with Gasteiger partial charge in [0.05, 0.1) is 68.9 Å². The van der Waals surface area contributed by atoms with Crippen LogP contribution >= 0.6 is 0 Å². The highest BCUT2D eigenvalue weighted by Gasteiger charge is 2.69. The summed E-state index contributed by atoms with van der Waals surface area (Å²) in [4.78, 5) is 143. The molecular formula is C84H128F2O33S2. The summed E-state index contributed by atoms with van der Waals surface area (Å²) in [5.74, 6) is -11.0. The van der Waals surface area contributed by atoms with Crippen molar-refractivity contribution in [3.8, 4) is 0 Å². The zero-order chi connectivity index (χ0) is 91.2. The second kappa shape index (κ2) is 36.7. The minimum atomic E-state index is -3.72. The molecule has 5 saturated carbocycles. The van der Waals surface area contributed by atoms with Gasteiger partial charge in [0, 0.05) is 55.0 Å². The topological polar surface area (TPSA) is 430 Å². The Morgan fingerprint density at radius 3 is 1.40 bits per heavy atom. The molecule has 18 unspecified atom stereocenters. The Morgan fingerprint density at radius 1 is 0.479 bits per heavy atom. The van der Waals surface area contributed by atoms with Gasteiger partial charge in [-0.3, -0.25) is 46.7 Å². The minimum Gasteiger partial charge on any atom is -0.465 e. The molecule has 0 aromatic carbocycles. The molecule has 0 aromatic heterocycles. The summed E-state index contributed by atoms with van der Waals surface area (Å²) in [5, 5.41) is -0.813. The molecule has 13 aliphatic rings. The summed E-state index contributed by atoms with van der Waals surface area (Å²) in [6.07, 6.45) is 3.28. The molecule has 8 saturated heterocycles. The highest BCUT2D eigenvalue weighted by atomic mass is 32.2. The standard InChI is InChI=1S/C18H26O8.C15H22O7S.C14H22O5.C13H20O5S.C12H18F2O4.C12H20O4/c1-6-16(2,3)14(20)22-9-12(19)25-18-7-10(23-15(18)21)13-11(8-18)24-17(4,5)26-13;1-4-15(2,3)14(17)20-7-11(16)21-12-8-5-9-10(6-8)23(18,19)22-13(9)12;1-4-13(2,3)11(15)19-10-9-17-7-5-14(10)6-8-18-12(14)16;1-4-13(2,3)12(14)17-10-7-5-8-9(6-7)19(15,16)18-11(8)10;1-5-10(2,3)9(16)18-11(4)7-17-6-8(15)12(11,13)14;1-6-11(2,3)10(14)16-8-9(13)15-7-12(8,4)5/h10-11,13H,6-9H2,1-5H3;8-10,12-13H,4-7H2,1-3H3;10H,4-9H2,1-3H3;7-11H,4-6H2,1-3H3;5-7H2,1-4H3;8H,6-7H2,1-5H3. The van der Waals surface area contributed by atoms with E-state index in [-0.39, 0.29) is 84.5 Å². The molecule has 8 heterocycles. The van der Waals surface area contributed by atoms with Crippen LogP contribution in [0.15, 0.2) is 0 Å². The van der Waals surface area contributed by atoms with Crippen LogP contribution in [-0.4, -0.2) is 229 Å². The van der Waals surface area contributed by atoms with Crippen molar-refractivity contribution >= 4 is 91.7 Å². The first kappa shape index (κ1) is 99.8. The number of ether oxygens (including phenoxy) is 15. The molecule has 688 valence electrons. The molecule has 0 radical (unpaired) electrons. The van der Waals surface area contributed by atoms with Crippen molar-refractivity contribution in [2.45, 2.75) is 337 Å². The SMILES string of the molecule is CCC(C)(C)C(=O)OC1(C)COCC(=O)C1(F)F.CCC(C)(C)C(=O)OC1C(=O)OCC1(C)C.CCC(C)(C)C(=O)OC1C2CC3C1OS(=O)(=O)C3C2.CCC(C)(C)C(=O)OC1COCCC12CCOC2=O.CCC(C)(C)C(=O)OCC(=O)OC12CC(OC1=O)C1OC(C)(C)OC1C2.CCC(C)(C)C(=O)OCC(=O)OC1C2CC3C1OS(=O)(=O)C3C2. The number of rotatable bonds is 22. The van der Waals surface area contributed by atoms with Gasteiger partial charge in [-0.2, -0.15) is 25.6 Å². The van der Waals surface area contributed by atoms with Gasteiger partial charge in [0.2, 0.25) is 23.1 Å². The molecule has 13 rings (SSSR count). The minimum absolute atomic E-state index is 0.0130. The highest BCUT2D eigenvalue weighted by Crippen LogP contribution is 2.58. The van der Waals surface area contributed by atoms with Gasteiger partial charge in [-0.15, -0.1) is 0 Å². The van der Waals surface area contributed by atoms with E-state index in [2.05, 4.69) is 0 Å². The number of Topliss-reactive ketones (excluding diaryl/α,β-unsaturated/α-hetero) is 1. The van der Waals surface area contributed by atoms with Crippen LogP contribution in [0.4, 0.5) is 8.78 Å². The largest absolute Gasteiger partial charge is 0.465 e.